The van der Waals surface area contributed by atoms with Crippen LogP contribution < -0.4 is 0 Å². The number of hydrogen-bond donors (Lipinski definition) is 2. The summed E-state index contributed by atoms with van der Waals surface area (Å²) in [4.78, 5) is 0. The number of thiophene rings is 1. The van der Waals surface area contributed by atoms with Gasteiger partial charge >= 0.3 is 0 Å². The van der Waals surface area contributed by atoms with E-state index in [0.29, 0.717) is 10.1 Å². The third-order valence-corrected chi connectivity index (χ3v) is 2.75. The second-order valence-corrected chi connectivity index (χ2v) is 3.48. The monoisotopic (exact) mass is 191 g/mol. The topological polar surface area (TPSA) is 64.2 Å². The Hall–Kier alpha value is -1.73. The minimum Gasteiger partial charge on any atom is -0.506 e. The van der Waals surface area contributed by atoms with E-state index in [1.807, 2.05) is 6.07 Å². The molecule has 0 fully saturated rings. The van der Waals surface area contributed by atoms with Gasteiger partial charge < -0.3 is 10.2 Å². The molecule has 0 saturated carbocycles. The van der Waals surface area contributed by atoms with Crippen LogP contribution in [0.25, 0.3) is 10.1 Å². The third kappa shape index (κ3) is 1.02. The van der Waals surface area contributed by atoms with Crippen molar-refractivity contribution in [2.45, 2.75) is 0 Å². The van der Waals surface area contributed by atoms with Crippen molar-refractivity contribution in [1.82, 2.24) is 0 Å². The highest BCUT2D eigenvalue weighted by Gasteiger charge is 2.10. The zero-order valence-electron chi connectivity index (χ0n) is 6.48. The number of nitriles is 1. The molecular formula is C9H5NO2S. The van der Waals surface area contributed by atoms with E-state index in [1.54, 1.807) is 11.4 Å². The van der Waals surface area contributed by atoms with Gasteiger partial charge in [0, 0.05) is 11.5 Å². The Kier molecular flexibility index (Phi) is 1.61. The van der Waals surface area contributed by atoms with Crippen molar-refractivity contribution in [2.75, 3.05) is 0 Å². The lowest BCUT2D eigenvalue weighted by Crippen LogP contribution is -1.77. The lowest BCUT2D eigenvalue weighted by Gasteiger charge is -1.99. The van der Waals surface area contributed by atoms with Gasteiger partial charge in [0.15, 0.2) is 0 Å². The number of hydrogen-bond acceptors (Lipinski definition) is 4. The average Bonchev–Trinajstić information content (AvgIpc) is 2.60. The number of phenolic OH excluding ortho intramolecular Hbond substituents is 2. The van der Waals surface area contributed by atoms with Gasteiger partial charge in [-0.1, -0.05) is 0 Å². The average molecular weight is 191 g/mol. The molecule has 2 aromatic rings. The Morgan fingerprint density at radius 3 is 2.85 bits per heavy atom. The summed E-state index contributed by atoms with van der Waals surface area (Å²) in [7, 11) is 0. The molecule has 13 heavy (non-hydrogen) atoms. The number of rotatable bonds is 0. The molecule has 0 aliphatic rings. The highest BCUT2D eigenvalue weighted by atomic mass is 32.1. The van der Waals surface area contributed by atoms with Crippen LogP contribution in [0, 0.1) is 11.3 Å². The van der Waals surface area contributed by atoms with Crippen LogP contribution in [-0.2, 0) is 0 Å². The van der Waals surface area contributed by atoms with Gasteiger partial charge in [-0.2, -0.15) is 5.26 Å². The number of nitrogens with zero attached hydrogens (tertiary/aromatic N) is 1. The summed E-state index contributed by atoms with van der Waals surface area (Å²) < 4.78 is 0.608. The van der Waals surface area contributed by atoms with Crippen LogP contribution in [-0.4, -0.2) is 10.2 Å². The molecule has 1 aromatic carbocycles. The van der Waals surface area contributed by atoms with Crippen LogP contribution in [0.3, 0.4) is 0 Å². The van der Waals surface area contributed by atoms with Crippen molar-refractivity contribution in [3.63, 3.8) is 0 Å². The SMILES string of the molecule is N#Cc1cc(O)c2sccc2c1O. The standard InChI is InChI=1S/C9H5NO2S/c10-4-5-3-7(11)9-6(8(5)12)1-2-13-9/h1-3,11-12H. The van der Waals surface area contributed by atoms with E-state index >= 15 is 0 Å². The molecule has 0 amide bonds. The molecule has 0 saturated heterocycles. The Balaban J connectivity index is 2.95. The van der Waals surface area contributed by atoms with Crippen molar-refractivity contribution < 1.29 is 10.2 Å². The molecule has 0 radical (unpaired) electrons. The predicted octanol–water partition coefficient (Wildman–Crippen LogP) is 2.18. The largest absolute Gasteiger partial charge is 0.506 e. The van der Waals surface area contributed by atoms with E-state index in [1.165, 1.54) is 17.4 Å². The fraction of sp³-hybridized carbons (Fsp3) is 0. The van der Waals surface area contributed by atoms with E-state index < -0.39 is 0 Å². The molecule has 4 heteroatoms. The first-order valence-electron chi connectivity index (χ1n) is 3.56. The molecule has 0 unspecified atom stereocenters. The second-order valence-electron chi connectivity index (χ2n) is 2.57. The predicted molar refractivity (Wildman–Crippen MR) is 49.9 cm³/mol. The summed E-state index contributed by atoms with van der Waals surface area (Å²) in [6.07, 6.45) is 0. The number of phenols is 2. The maximum Gasteiger partial charge on any atom is 0.142 e. The third-order valence-electron chi connectivity index (χ3n) is 1.81. The maximum atomic E-state index is 9.54. The van der Waals surface area contributed by atoms with Crippen LogP contribution in [0.2, 0.25) is 0 Å². The Morgan fingerprint density at radius 1 is 1.38 bits per heavy atom. The molecular weight excluding hydrogens is 186 g/mol. The van der Waals surface area contributed by atoms with Crippen molar-refractivity contribution in [1.29, 1.82) is 5.26 Å². The van der Waals surface area contributed by atoms with Crippen LogP contribution in [0.1, 0.15) is 5.56 Å². The van der Waals surface area contributed by atoms with Crippen molar-refractivity contribution in [2.24, 2.45) is 0 Å². The summed E-state index contributed by atoms with van der Waals surface area (Å²) in [6, 6.07) is 4.76. The summed E-state index contributed by atoms with van der Waals surface area (Å²) in [5, 5.41) is 29.9. The molecule has 64 valence electrons. The van der Waals surface area contributed by atoms with E-state index in [0.717, 1.165) is 0 Å². The van der Waals surface area contributed by atoms with Gasteiger partial charge in [-0.3, -0.25) is 0 Å². The first kappa shape index (κ1) is 7.90. The number of fused-ring (bicyclic) bond motifs is 1. The van der Waals surface area contributed by atoms with E-state index in [-0.39, 0.29) is 17.1 Å². The van der Waals surface area contributed by atoms with Crippen LogP contribution in [0.15, 0.2) is 17.5 Å². The molecule has 2 N–H and O–H groups in total. The zero-order chi connectivity index (χ0) is 9.42. The Morgan fingerprint density at radius 2 is 2.15 bits per heavy atom. The number of benzene rings is 1. The zero-order valence-corrected chi connectivity index (χ0v) is 7.30. The minimum atomic E-state index is -0.0587. The summed E-state index contributed by atoms with van der Waals surface area (Å²) in [6.45, 7) is 0. The van der Waals surface area contributed by atoms with E-state index in [9.17, 15) is 10.2 Å². The Labute approximate surface area is 78.1 Å². The number of aromatic hydroxyl groups is 2. The molecule has 0 aliphatic heterocycles. The van der Waals surface area contributed by atoms with Crippen LogP contribution in [0.4, 0.5) is 0 Å². The van der Waals surface area contributed by atoms with Crippen molar-refractivity contribution in [3.05, 3.63) is 23.1 Å². The quantitative estimate of drug-likeness (QED) is 0.627. The second kappa shape index (κ2) is 2.64. The fourth-order valence-electron chi connectivity index (χ4n) is 1.20. The summed E-state index contributed by atoms with van der Waals surface area (Å²) >= 11 is 1.33. The highest BCUT2D eigenvalue weighted by molar-refractivity contribution is 7.17. The molecule has 0 bridgehead atoms. The molecule has 1 aromatic heterocycles. The van der Waals surface area contributed by atoms with Gasteiger partial charge in [0.05, 0.1) is 10.3 Å². The Bertz CT molecular complexity index is 510. The molecule has 0 spiro atoms. The van der Waals surface area contributed by atoms with Crippen molar-refractivity contribution in [3.8, 4) is 17.6 Å². The van der Waals surface area contributed by atoms with Gasteiger partial charge in [-0.15, -0.1) is 11.3 Å². The lowest BCUT2D eigenvalue weighted by atomic mass is 10.1. The van der Waals surface area contributed by atoms with Gasteiger partial charge in [0.2, 0.25) is 0 Å². The van der Waals surface area contributed by atoms with Gasteiger partial charge in [-0.05, 0) is 11.4 Å². The summed E-state index contributed by atoms with van der Waals surface area (Å²) in [5.41, 5.74) is 0.100. The van der Waals surface area contributed by atoms with Gasteiger partial charge in [-0.25, -0.2) is 0 Å². The summed E-state index contributed by atoms with van der Waals surface area (Å²) in [5.74, 6) is -0.0177. The van der Waals surface area contributed by atoms with Crippen molar-refractivity contribution >= 4 is 21.4 Å². The first-order chi connectivity index (χ1) is 6.24. The van der Waals surface area contributed by atoms with Crippen LogP contribution >= 0.6 is 11.3 Å². The van der Waals surface area contributed by atoms with E-state index in [4.69, 9.17) is 5.26 Å². The molecule has 0 atom stereocenters. The smallest absolute Gasteiger partial charge is 0.142 e. The molecule has 1 heterocycles. The normalized spacial score (nSPS) is 10.1. The lowest BCUT2D eigenvalue weighted by molar-refractivity contribution is 0.469. The minimum absolute atomic E-state index is 0.0411. The van der Waals surface area contributed by atoms with Gasteiger partial charge in [0.25, 0.3) is 0 Å². The first-order valence-corrected chi connectivity index (χ1v) is 4.44. The van der Waals surface area contributed by atoms with E-state index in [2.05, 4.69) is 0 Å². The fourth-order valence-corrected chi connectivity index (χ4v) is 2.01. The van der Waals surface area contributed by atoms with Crippen LogP contribution in [0.5, 0.6) is 11.5 Å². The molecule has 0 aliphatic carbocycles. The van der Waals surface area contributed by atoms with Gasteiger partial charge in [0.1, 0.15) is 17.6 Å². The maximum absolute atomic E-state index is 9.54. The molecule has 3 nitrogen and oxygen atoms in total. The molecule has 2 rings (SSSR count). The highest BCUT2D eigenvalue weighted by Crippen LogP contribution is 2.38.